The van der Waals surface area contributed by atoms with Crippen LogP contribution in [0.2, 0.25) is 0 Å². The Bertz CT molecular complexity index is 1220. The van der Waals surface area contributed by atoms with E-state index in [2.05, 4.69) is 20.6 Å². The van der Waals surface area contributed by atoms with Crippen LogP contribution < -0.4 is 15.5 Å². The highest BCUT2D eigenvalue weighted by Crippen LogP contribution is 2.31. The van der Waals surface area contributed by atoms with E-state index in [0.29, 0.717) is 12.5 Å². The fraction of sp³-hybridized carbons (Fsp3) is 0.423. The van der Waals surface area contributed by atoms with Crippen LogP contribution in [0.4, 0.5) is 29.3 Å². The summed E-state index contributed by atoms with van der Waals surface area (Å²) in [5, 5.41) is 7.14. The lowest BCUT2D eigenvalue weighted by Gasteiger charge is -2.29. The van der Waals surface area contributed by atoms with Crippen LogP contribution in [0.5, 0.6) is 0 Å². The first kappa shape index (κ1) is 25.7. The number of aromatic nitrogens is 2. The predicted octanol–water partition coefficient (Wildman–Crippen LogP) is 5.58. The van der Waals surface area contributed by atoms with Crippen molar-refractivity contribution >= 4 is 28.6 Å². The smallest absolute Gasteiger partial charge is 0.362 e. The summed E-state index contributed by atoms with van der Waals surface area (Å²) in [5.41, 5.74) is -0.517. The zero-order valence-corrected chi connectivity index (χ0v) is 20.2. The molecule has 0 unspecified atom stereocenters. The van der Waals surface area contributed by atoms with E-state index >= 15 is 0 Å². The van der Waals surface area contributed by atoms with E-state index in [1.54, 1.807) is 0 Å². The van der Waals surface area contributed by atoms with Crippen molar-refractivity contribution in [2.75, 3.05) is 30.9 Å². The van der Waals surface area contributed by atoms with Gasteiger partial charge in [-0.3, -0.25) is 4.79 Å². The van der Waals surface area contributed by atoms with E-state index in [1.807, 2.05) is 43.3 Å². The van der Waals surface area contributed by atoms with Crippen molar-refractivity contribution in [3.63, 3.8) is 0 Å². The minimum absolute atomic E-state index is 0.171. The Kier molecular flexibility index (Phi) is 7.61. The minimum atomic E-state index is -4.65. The summed E-state index contributed by atoms with van der Waals surface area (Å²) in [6.45, 7) is -0.720. The van der Waals surface area contributed by atoms with Crippen molar-refractivity contribution in [3.8, 4) is 0 Å². The summed E-state index contributed by atoms with van der Waals surface area (Å²) < 4.78 is 52.3. The van der Waals surface area contributed by atoms with Gasteiger partial charge in [-0.25, -0.2) is 9.37 Å². The Balaban J connectivity index is 1.33. The molecule has 0 aliphatic heterocycles. The Labute approximate surface area is 207 Å². The number of halogens is 4. The maximum Gasteiger partial charge on any atom is 0.416 e. The lowest BCUT2D eigenvalue weighted by molar-refractivity contribution is -0.137. The van der Waals surface area contributed by atoms with Crippen molar-refractivity contribution in [2.45, 2.75) is 44.6 Å². The molecule has 192 valence electrons. The number of carbonyl (C=O) groups excluding carboxylic acids is 1. The zero-order valence-electron chi connectivity index (χ0n) is 20.2. The Morgan fingerprint density at radius 2 is 1.78 bits per heavy atom. The normalized spacial score (nSPS) is 18.2. The molecule has 0 atom stereocenters. The van der Waals surface area contributed by atoms with Gasteiger partial charge >= 0.3 is 6.18 Å². The van der Waals surface area contributed by atoms with Crippen LogP contribution in [-0.2, 0) is 12.9 Å². The molecule has 0 radical (unpaired) electrons. The van der Waals surface area contributed by atoms with Gasteiger partial charge < -0.3 is 15.5 Å². The maximum absolute atomic E-state index is 13.1. The molecule has 2 aromatic carbocycles. The number of rotatable bonds is 7. The fourth-order valence-electron chi connectivity index (χ4n) is 4.56. The second kappa shape index (κ2) is 10.7. The van der Waals surface area contributed by atoms with Gasteiger partial charge in [0.1, 0.15) is 12.5 Å². The van der Waals surface area contributed by atoms with Gasteiger partial charge in [-0.05, 0) is 67.5 Å². The van der Waals surface area contributed by atoms with Crippen LogP contribution >= 0.6 is 0 Å². The van der Waals surface area contributed by atoms with E-state index in [0.717, 1.165) is 60.6 Å². The largest absolute Gasteiger partial charge is 0.416 e. The standard InChI is InChI=1S/C26H29F4N5O/c1-35(2)23-21-5-3-4-6-22(21)33-25(34-23)32-20-9-7-16(8-10-20)15-31-24(36)18-11-17(14-27)12-19(13-18)26(28,29)30/h3-6,11-13,16,20H,7-10,14-15H2,1-2H3,(H,31,36)(H,32,33,34). The molecule has 36 heavy (non-hydrogen) atoms. The third kappa shape index (κ3) is 6.03. The lowest BCUT2D eigenvalue weighted by atomic mass is 9.86. The van der Waals surface area contributed by atoms with Gasteiger partial charge in [0.2, 0.25) is 5.95 Å². The summed E-state index contributed by atoms with van der Waals surface area (Å²) in [6, 6.07) is 10.7. The van der Waals surface area contributed by atoms with Gasteiger partial charge in [-0.1, -0.05) is 12.1 Å². The molecule has 1 amide bonds. The number of carbonyl (C=O) groups is 1. The van der Waals surface area contributed by atoms with Crippen molar-refractivity contribution < 1.29 is 22.4 Å². The topological polar surface area (TPSA) is 70.2 Å². The molecular weight excluding hydrogens is 474 g/mol. The van der Waals surface area contributed by atoms with E-state index in [-0.39, 0.29) is 23.1 Å². The Morgan fingerprint density at radius 3 is 2.44 bits per heavy atom. The van der Waals surface area contributed by atoms with Crippen molar-refractivity contribution in [1.29, 1.82) is 0 Å². The highest BCUT2D eigenvalue weighted by atomic mass is 19.4. The molecule has 1 aromatic heterocycles. The van der Waals surface area contributed by atoms with Crippen LogP contribution in [0.3, 0.4) is 0 Å². The van der Waals surface area contributed by atoms with E-state index in [4.69, 9.17) is 0 Å². The monoisotopic (exact) mass is 503 g/mol. The highest BCUT2D eigenvalue weighted by Gasteiger charge is 2.32. The second-order valence-electron chi connectivity index (χ2n) is 9.40. The van der Waals surface area contributed by atoms with Gasteiger partial charge in [-0.15, -0.1) is 0 Å². The van der Waals surface area contributed by atoms with E-state index in [9.17, 15) is 22.4 Å². The first-order chi connectivity index (χ1) is 17.1. The van der Waals surface area contributed by atoms with Crippen LogP contribution in [0.15, 0.2) is 42.5 Å². The van der Waals surface area contributed by atoms with E-state index < -0.39 is 24.3 Å². The first-order valence-corrected chi connectivity index (χ1v) is 11.9. The summed E-state index contributed by atoms with van der Waals surface area (Å²) in [7, 11) is 3.88. The summed E-state index contributed by atoms with van der Waals surface area (Å²) >= 11 is 0. The van der Waals surface area contributed by atoms with Gasteiger partial charge in [-0.2, -0.15) is 18.2 Å². The van der Waals surface area contributed by atoms with Gasteiger partial charge in [0, 0.05) is 37.6 Å². The molecule has 0 bridgehead atoms. The average Bonchev–Trinajstić information content (AvgIpc) is 2.86. The number of benzene rings is 2. The number of hydrogen-bond acceptors (Lipinski definition) is 5. The van der Waals surface area contributed by atoms with Crippen LogP contribution in [0.1, 0.15) is 47.2 Å². The summed E-state index contributed by atoms with van der Waals surface area (Å²) in [6.07, 6.45) is -1.27. The number of fused-ring (bicyclic) bond motifs is 1. The number of nitrogens with zero attached hydrogens (tertiary/aromatic N) is 3. The van der Waals surface area contributed by atoms with Crippen molar-refractivity contribution in [2.24, 2.45) is 5.92 Å². The highest BCUT2D eigenvalue weighted by molar-refractivity contribution is 5.94. The summed E-state index contributed by atoms with van der Waals surface area (Å²) in [5.74, 6) is 0.984. The molecule has 0 spiro atoms. The fourth-order valence-corrected chi connectivity index (χ4v) is 4.56. The number of amides is 1. The number of alkyl halides is 4. The van der Waals surface area contributed by atoms with Crippen LogP contribution in [0, 0.1) is 5.92 Å². The molecule has 3 aromatic rings. The van der Waals surface area contributed by atoms with Gasteiger partial charge in [0.05, 0.1) is 11.1 Å². The Morgan fingerprint density at radius 1 is 1.06 bits per heavy atom. The SMILES string of the molecule is CN(C)c1nc(NC2CCC(CNC(=O)c3cc(CF)cc(C(F)(F)F)c3)CC2)nc2ccccc12. The van der Waals surface area contributed by atoms with E-state index in [1.165, 1.54) is 0 Å². The minimum Gasteiger partial charge on any atom is -0.362 e. The molecule has 1 fully saturated rings. The quantitative estimate of drug-likeness (QED) is 0.412. The maximum atomic E-state index is 13.1. The van der Waals surface area contributed by atoms with Gasteiger partial charge in [0.25, 0.3) is 5.91 Å². The molecular formula is C26H29F4N5O. The summed E-state index contributed by atoms with van der Waals surface area (Å²) in [4.78, 5) is 23.8. The second-order valence-corrected chi connectivity index (χ2v) is 9.40. The van der Waals surface area contributed by atoms with Crippen molar-refractivity contribution in [1.82, 2.24) is 15.3 Å². The van der Waals surface area contributed by atoms with Crippen molar-refractivity contribution in [3.05, 3.63) is 59.2 Å². The molecule has 6 nitrogen and oxygen atoms in total. The number of para-hydroxylation sites is 1. The molecule has 1 aliphatic carbocycles. The van der Waals surface area contributed by atoms with Gasteiger partial charge in [0.15, 0.2) is 0 Å². The molecule has 1 aliphatic rings. The average molecular weight is 504 g/mol. The number of anilines is 2. The number of hydrogen-bond donors (Lipinski definition) is 2. The predicted molar refractivity (Wildman–Crippen MR) is 132 cm³/mol. The van der Waals surface area contributed by atoms with Crippen LogP contribution in [-0.4, -0.2) is 42.6 Å². The molecule has 2 N–H and O–H groups in total. The molecule has 1 heterocycles. The zero-order chi connectivity index (χ0) is 25.9. The number of nitrogens with one attached hydrogen (secondary N) is 2. The lowest BCUT2D eigenvalue weighted by Crippen LogP contribution is -2.34. The first-order valence-electron chi connectivity index (χ1n) is 11.9. The van der Waals surface area contributed by atoms with Crippen LogP contribution in [0.25, 0.3) is 10.9 Å². The molecule has 4 rings (SSSR count). The molecule has 0 saturated heterocycles. The molecule has 1 saturated carbocycles. The molecule has 10 heteroatoms. The Hall–Kier alpha value is -3.43. The third-order valence-corrected chi connectivity index (χ3v) is 6.47. The third-order valence-electron chi connectivity index (χ3n) is 6.47.